The Bertz CT molecular complexity index is 340. The molecule has 0 aromatic carbocycles. The van der Waals surface area contributed by atoms with Gasteiger partial charge in [-0.05, 0) is 25.8 Å². The second-order valence-corrected chi connectivity index (χ2v) is 6.18. The normalized spacial score (nSPS) is 31.1. The summed E-state index contributed by atoms with van der Waals surface area (Å²) in [5.41, 5.74) is 5.43. The summed E-state index contributed by atoms with van der Waals surface area (Å²) in [4.78, 5) is 12.0. The van der Waals surface area contributed by atoms with Crippen LogP contribution in [0.25, 0.3) is 0 Å². The third-order valence-corrected chi connectivity index (χ3v) is 4.37. The molecule has 23 heavy (non-hydrogen) atoms. The van der Waals surface area contributed by atoms with E-state index in [1.165, 1.54) is 0 Å². The predicted molar refractivity (Wildman–Crippen MR) is 86.7 cm³/mol. The Hall–Kier alpha value is -0.730. The molecule has 0 saturated carbocycles. The van der Waals surface area contributed by atoms with E-state index in [4.69, 9.17) is 10.5 Å². The highest BCUT2D eigenvalue weighted by Gasteiger charge is 2.43. The fourth-order valence-corrected chi connectivity index (χ4v) is 2.94. The zero-order valence-corrected chi connectivity index (χ0v) is 14.0. The van der Waals surface area contributed by atoms with Crippen molar-refractivity contribution in [2.45, 2.75) is 82.3 Å². The van der Waals surface area contributed by atoms with Gasteiger partial charge in [-0.2, -0.15) is 0 Å². The van der Waals surface area contributed by atoms with E-state index < -0.39 is 30.5 Å². The third kappa shape index (κ3) is 6.35. The van der Waals surface area contributed by atoms with Crippen LogP contribution in [-0.2, 0) is 9.53 Å². The second kappa shape index (κ2) is 10.9. The van der Waals surface area contributed by atoms with Crippen LogP contribution in [0, 0.1) is 0 Å². The van der Waals surface area contributed by atoms with Crippen molar-refractivity contribution < 1.29 is 24.9 Å². The van der Waals surface area contributed by atoms with Gasteiger partial charge in [0.25, 0.3) is 0 Å². The number of hydrogen-bond acceptors (Lipinski definition) is 6. The lowest BCUT2D eigenvalue weighted by Crippen LogP contribution is -2.64. The molecule has 1 aliphatic heterocycles. The predicted octanol–water partition coefficient (Wildman–Crippen LogP) is -0.338. The lowest BCUT2D eigenvalue weighted by Gasteiger charge is -2.42. The lowest BCUT2D eigenvalue weighted by atomic mass is 9.91. The minimum Gasteiger partial charge on any atom is -0.394 e. The van der Waals surface area contributed by atoms with Crippen LogP contribution in [0.5, 0.6) is 0 Å². The van der Waals surface area contributed by atoms with Crippen LogP contribution in [0.1, 0.15) is 51.9 Å². The van der Waals surface area contributed by atoms with Gasteiger partial charge < -0.3 is 31.1 Å². The number of carbonyl (C=O) groups excluding carboxylic acids is 1. The molecule has 0 spiro atoms. The summed E-state index contributed by atoms with van der Waals surface area (Å²) in [6.45, 7) is 2.22. The van der Waals surface area contributed by atoms with Gasteiger partial charge >= 0.3 is 0 Å². The van der Waals surface area contributed by atoms with Crippen molar-refractivity contribution in [3.63, 3.8) is 0 Å². The van der Waals surface area contributed by atoms with Crippen molar-refractivity contribution in [3.8, 4) is 0 Å². The van der Waals surface area contributed by atoms with E-state index >= 15 is 0 Å². The summed E-state index contributed by atoms with van der Waals surface area (Å²) in [5.74, 6) is -0.149. The second-order valence-electron chi connectivity index (χ2n) is 6.18. The zero-order valence-electron chi connectivity index (χ0n) is 14.0. The molecular formula is C16H32N2O5. The van der Waals surface area contributed by atoms with Crippen LogP contribution in [-0.4, -0.2) is 64.8 Å². The Balaban J connectivity index is 2.39. The molecule has 0 aromatic heterocycles. The molecule has 0 bridgehead atoms. The van der Waals surface area contributed by atoms with E-state index in [2.05, 4.69) is 5.32 Å². The standard InChI is InChI=1S/C16H32N2O5/c1-2-11-14(16(22)15(21)12(10-19)23-11)18-13(20)8-6-4-3-5-7-9-17/h11-12,14-16,19,21-22H,2-10,17H2,1H3,(H,18,20)/t11-,12?,14?,15+,16?/m0/s1. The molecule has 0 aromatic rings. The van der Waals surface area contributed by atoms with Crippen molar-refractivity contribution in [2.24, 2.45) is 5.73 Å². The highest BCUT2D eigenvalue weighted by Crippen LogP contribution is 2.23. The maximum atomic E-state index is 12.0. The van der Waals surface area contributed by atoms with Gasteiger partial charge in [0.05, 0.1) is 18.8 Å². The number of hydrogen-bond donors (Lipinski definition) is 5. The lowest BCUT2D eigenvalue weighted by molar-refractivity contribution is -0.195. The number of carbonyl (C=O) groups is 1. The maximum Gasteiger partial charge on any atom is 0.220 e. The van der Waals surface area contributed by atoms with E-state index in [0.29, 0.717) is 19.4 Å². The van der Waals surface area contributed by atoms with Crippen LogP contribution in [0.2, 0.25) is 0 Å². The van der Waals surface area contributed by atoms with Crippen molar-refractivity contribution in [1.29, 1.82) is 0 Å². The number of ether oxygens (including phenoxy) is 1. The van der Waals surface area contributed by atoms with E-state index in [1.54, 1.807) is 0 Å². The first kappa shape index (κ1) is 20.3. The van der Waals surface area contributed by atoms with Crippen LogP contribution in [0.15, 0.2) is 0 Å². The Kier molecular flexibility index (Phi) is 9.66. The molecule has 136 valence electrons. The van der Waals surface area contributed by atoms with E-state index in [0.717, 1.165) is 32.1 Å². The van der Waals surface area contributed by atoms with Gasteiger partial charge in [-0.15, -0.1) is 0 Å². The molecule has 3 unspecified atom stereocenters. The van der Waals surface area contributed by atoms with Crippen molar-refractivity contribution in [2.75, 3.05) is 13.2 Å². The minimum absolute atomic E-state index is 0.149. The van der Waals surface area contributed by atoms with E-state index in [9.17, 15) is 20.1 Å². The van der Waals surface area contributed by atoms with Gasteiger partial charge in [-0.1, -0.05) is 26.2 Å². The molecule has 1 saturated heterocycles. The van der Waals surface area contributed by atoms with Gasteiger partial charge in [0.15, 0.2) is 0 Å². The highest BCUT2D eigenvalue weighted by atomic mass is 16.5. The summed E-state index contributed by atoms with van der Waals surface area (Å²) >= 11 is 0. The average molecular weight is 332 g/mol. The minimum atomic E-state index is -1.20. The first-order valence-corrected chi connectivity index (χ1v) is 8.67. The van der Waals surface area contributed by atoms with Gasteiger partial charge in [-0.3, -0.25) is 4.79 Å². The van der Waals surface area contributed by atoms with Gasteiger partial charge in [0, 0.05) is 6.42 Å². The number of nitrogens with two attached hydrogens (primary N) is 1. The molecule has 0 aliphatic carbocycles. The first-order chi connectivity index (χ1) is 11.0. The quantitative estimate of drug-likeness (QED) is 0.349. The molecule has 1 fully saturated rings. The van der Waals surface area contributed by atoms with Gasteiger partial charge in [-0.25, -0.2) is 0 Å². The van der Waals surface area contributed by atoms with Crippen LogP contribution in [0.3, 0.4) is 0 Å². The molecule has 1 aliphatic rings. The molecule has 1 rings (SSSR count). The average Bonchev–Trinajstić information content (AvgIpc) is 2.55. The number of unbranched alkanes of at least 4 members (excludes halogenated alkanes) is 4. The van der Waals surface area contributed by atoms with Crippen molar-refractivity contribution in [3.05, 3.63) is 0 Å². The fourth-order valence-electron chi connectivity index (χ4n) is 2.94. The molecule has 7 heteroatoms. The SMILES string of the molecule is CC[C@@H]1OC(CO)[C@@H](O)C(O)C1NC(=O)CCCCCCCN. The molecule has 0 radical (unpaired) electrons. The summed E-state index contributed by atoms with van der Waals surface area (Å²) in [5, 5.41) is 32.1. The highest BCUT2D eigenvalue weighted by molar-refractivity contribution is 5.76. The van der Waals surface area contributed by atoms with Crippen molar-refractivity contribution in [1.82, 2.24) is 5.32 Å². The number of rotatable bonds is 10. The number of aliphatic hydroxyl groups excluding tert-OH is 3. The topological polar surface area (TPSA) is 125 Å². The largest absolute Gasteiger partial charge is 0.394 e. The molecule has 7 nitrogen and oxygen atoms in total. The number of amides is 1. The smallest absolute Gasteiger partial charge is 0.220 e. The van der Waals surface area contributed by atoms with Gasteiger partial charge in [0.2, 0.25) is 5.91 Å². The number of aliphatic hydroxyl groups is 3. The monoisotopic (exact) mass is 332 g/mol. The van der Waals surface area contributed by atoms with Gasteiger partial charge in [0.1, 0.15) is 18.3 Å². The molecule has 1 heterocycles. The Morgan fingerprint density at radius 2 is 1.74 bits per heavy atom. The van der Waals surface area contributed by atoms with Crippen LogP contribution >= 0.6 is 0 Å². The first-order valence-electron chi connectivity index (χ1n) is 8.67. The van der Waals surface area contributed by atoms with E-state index in [1.807, 2.05) is 6.92 Å². The third-order valence-electron chi connectivity index (χ3n) is 4.37. The maximum absolute atomic E-state index is 12.0. The number of nitrogens with one attached hydrogen (secondary N) is 1. The Morgan fingerprint density at radius 1 is 1.09 bits per heavy atom. The molecule has 1 amide bonds. The van der Waals surface area contributed by atoms with Crippen LogP contribution < -0.4 is 11.1 Å². The molecule has 6 N–H and O–H groups in total. The summed E-state index contributed by atoms with van der Waals surface area (Å²) in [7, 11) is 0. The van der Waals surface area contributed by atoms with E-state index in [-0.39, 0.29) is 12.5 Å². The van der Waals surface area contributed by atoms with Crippen LogP contribution in [0.4, 0.5) is 0 Å². The Morgan fingerprint density at radius 3 is 2.35 bits per heavy atom. The molecular weight excluding hydrogens is 300 g/mol. The van der Waals surface area contributed by atoms with Crippen molar-refractivity contribution >= 4 is 5.91 Å². The molecule has 5 atom stereocenters. The zero-order chi connectivity index (χ0) is 17.2. The Labute approximate surface area is 138 Å². The summed E-state index contributed by atoms with van der Waals surface area (Å²) in [6, 6.07) is -0.650. The summed E-state index contributed by atoms with van der Waals surface area (Å²) in [6.07, 6.45) is 2.32. The fraction of sp³-hybridized carbons (Fsp3) is 0.938. The summed E-state index contributed by atoms with van der Waals surface area (Å²) < 4.78 is 5.56.